The number of sulfonamides is 1. The van der Waals surface area contributed by atoms with Crippen LogP contribution in [-0.4, -0.2) is 70.6 Å². The van der Waals surface area contributed by atoms with Crippen molar-refractivity contribution < 1.29 is 17.9 Å². The molecule has 0 saturated carbocycles. The molecule has 3 rings (SSSR count). The Kier molecular flexibility index (Phi) is 6.42. The first-order chi connectivity index (χ1) is 13.0. The highest BCUT2D eigenvalue weighted by atomic mass is 32.2. The highest BCUT2D eigenvalue weighted by molar-refractivity contribution is 7.89. The van der Waals surface area contributed by atoms with Crippen molar-refractivity contribution in [3.8, 4) is 0 Å². The fraction of sp³-hybridized carbons (Fsp3) is 0.412. The summed E-state index contributed by atoms with van der Waals surface area (Å²) in [6.07, 6.45) is 1.78. The van der Waals surface area contributed by atoms with Crippen molar-refractivity contribution in [1.29, 1.82) is 0 Å². The number of nitrogens with zero attached hydrogens (tertiary/aromatic N) is 3. The van der Waals surface area contributed by atoms with Gasteiger partial charge in [0.1, 0.15) is 0 Å². The normalized spacial score (nSPS) is 15.1. The SMILES string of the molecule is COCCNS(=O)(=O)c1ccc(C(=O)N2CCN(c3nccs3)CC2)cc1. The zero-order chi connectivity index (χ0) is 19.3. The van der Waals surface area contributed by atoms with E-state index in [0.717, 1.165) is 18.2 Å². The van der Waals surface area contributed by atoms with Gasteiger partial charge in [-0.2, -0.15) is 0 Å². The van der Waals surface area contributed by atoms with Crippen LogP contribution in [0.2, 0.25) is 0 Å². The number of rotatable bonds is 7. The molecule has 0 radical (unpaired) electrons. The van der Waals surface area contributed by atoms with Crippen LogP contribution in [0.4, 0.5) is 5.13 Å². The van der Waals surface area contributed by atoms with Gasteiger partial charge in [-0.3, -0.25) is 4.79 Å². The number of piperazine rings is 1. The second kappa shape index (κ2) is 8.79. The van der Waals surface area contributed by atoms with E-state index in [1.165, 1.54) is 19.2 Å². The van der Waals surface area contributed by atoms with Crippen molar-refractivity contribution in [2.24, 2.45) is 0 Å². The van der Waals surface area contributed by atoms with Gasteiger partial charge in [0, 0.05) is 57.0 Å². The summed E-state index contributed by atoms with van der Waals surface area (Å²) >= 11 is 1.59. The maximum atomic E-state index is 12.7. The van der Waals surface area contributed by atoms with E-state index in [9.17, 15) is 13.2 Å². The van der Waals surface area contributed by atoms with E-state index >= 15 is 0 Å². The lowest BCUT2D eigenvalue weighted by Gasteiger charge is -2.34. The van der Waals surface area contributed by atoms with Crippen molar-refractivity contribution >= 4 is 32.4 Å². The highest BCUT2D eigenvalue weighted by Gasteiger charge is 2.23. The molecule has 1 fully saturated rings. The van der Waals surface area contributed by atoms with Gasteiger partial charge in [-0.1, -0.05) is 0 Å². The van der Waals surface area contributed by atoms with Crippen LogP contribution in [0, 0.1) is 0 Å². The second-order valence-electron chi connectivity index (χ2n) is 6.01. The number of benzene rings is 1. The van der Waals surface area contributed by atoms with E-state index in [-0.39, 0.29) is 17.3 Å². The molecule has 1 amide bonds. The summed E-state index contributed by atoms with van der Waals surface area (Å²) in [5, 5.41) is 2.91. The number of nitrogens with one attached hydrogen (secondary N) is 1. The fourth-order valence-corrected chi connectivity index (χ4v) is 4.50. The molecule has 1 N–H and O–H groups in total. The van der Waals surface area contributed by atoms with E-state index in [1.807, 2.05) is 5.38 Å². The lowest BCUT2D eigenvalue weighted by molar-refractivity contribution is 0.0746. The van der Waals surface area contributed by atoms with E-state index in [2.05, 4.69) is 14.6 Å². The van der Waals surface area contributed by atoms with Gasteiger partial charge in [-0.15, -0.1) is 11.3 Å². The highest BCUT2D eigenvalue weighted by Crippen LogP contribution is 2.20. The van der Waals surface area contributed by atoms with Crippen LogP contribution in [0.5, 0.6) is 0 Å². The number of carbonyl (C=O) groups excluding carboxylic acids is 1. The van der Waals surface area contributed by atoms with Crippen LogP contribution in [0.15, 0.2) is 40.7 Å². The standard InChI is InChI=1S/C17H22N4O4S2/c1-25-12-6-19-27(23,24)15-4-2-14(3-5-15)16(22)20-8-10-21(11-9-20)17-18-7-13-26-17/h2-5,7,13,19H,6,8-12H2,1H3. The Morgan fingerprint density at radius 1 is 1.22 bits per heavy atom. The Bertz CT molecular complexity index is 846. The number of thiazole rings is 1. The monoisotopic (exact) mass is 410 g/mol. The van der Waals surface area contributed by atoms with Crippen molar-refractivity contribution in [3.05, 3.63) is 41.4 Å². The number of amides is 1. The van der Waals surface area contributed by atoms with E-state index in [4.69, 9.17) is 4.74 Å². The Morgan fingerprint density at radius 2 is 1.93 bits per heavy atom. The van der Waals surface area contributed by atoms with Gasteiger partial charge in [-0.25, -0.2) is 18.1 Å². The van der Waals surface area contributed by atoms with Crippen LogP contribution < -0.4 is 9.62 Å². The van der Waals surface area contributed by atoms with Gasteiger partial charge in [0.05, 0.1) is 11.5 Å². The van der Waals surface area contributed by atoms with Crippen LogP contribution in [0.1, 0.15) is 10.4 Å². The fourth-order valence-electron chi connectivity index (χ4n) is 2.79. The number of hydrogen-bond donors (Lipinski definition) is 1. The molecule has 8 nitrogen and oxygen atoms in total. The van der Waals surface area contributed by atoms with Crippen LogP contribution >= 0.6 is 11.3 Å². The molecule has 1 aromatic carbocycles. The Morgan fingerprint density at radius 3 is 2.52 bits per heavy atom. The lowest BCUT2D eigenvalue weighted by Crippen LogP contribution is -2.48. The molecule has 27 heavy (non-hydrogen) atoms. The first-order valence-corrected chi connectivity index (χ1v) is 10.9. The van der Waals surface area contributed by atoms with Crippen LogP contribution in [-0.2, 0) is 14.8 Å². The van der Waals surface area contributed by atoms with E-state index < -0.39 is 10.0 Å². The molecule has 0 aliphatic carbocycles. The van der Waals surface area contributed by atoms with Crippen molar-refractivity contribution in [3.63, 3.8) is 0 Å². The third-order valence-electron chi connectivity index (χ3n) is 4.27. The van der Waals surface area contributed by atoms with E-state index in [1.54, 1.807) is 34.6 Å². The zero-order valence-electron chi connectivity index (χ0n) is 15.0. The minimum atomic E-state index is -3.60. The molecule has 1 aliphatic rings. The molecule has 1 saturated heterocycles. The number of hydrogen-bond acceptors (Lipinski definition) is 7. The molecule has 146 valence electrons. The molecule has 1 aliphatic heterocycles. The summed E-state index contributed by atoms with van der Waals surface area (Å²) < 4.78 is 31.6. The second-order valence-corrected chi connectivity index (χ2v) is 8.65. The van der Waals surface area contributed by atoms with Crippen molar-refractivity contribution in [2.75, 3.05) is 51.3 Å². The average Bonchev–Trinajstić information content (AvgIpc) is 3.23. The molecule has 0 bridgehead atoms. The number of ether oxygens (including phenoxy) is 1. The minimum Gasteiger partial charge on any atom is -0.383 e. The summed E-state index contributed by atoms with van der Waals surface area (Å²) in [5.41, 5.74) is 0.480. The third-order valence-corrected chi connectivity index (χ3v) is 6.58. The summed E-state index contributed by atoms with van der Waals surface area (Å²) in [5.74, 6) is -0.0925. The Balaban J connectivity index is 1.59. The van der Waals surface area contributed by atoms with Gasteiger partial charge >= 0.3 is 0 Å². The summed E-state index contributed by atoms with van der Waals surface area (Å²) in [4.78, 5) is 21.0. The summed E-state index contributed by atoms with van der Waals surface area (Å²) in [6.45, 7) is 3.17. The maximum Gasteiger partial charge on any atom is 0.253 e. The maximum absolute atomic E-state index is 12.7. The predicted molar refractivity (Wildman–Crippen MR) is 104 cm³/mol. The smallest absolute Gasteiger partial charge is 0.253 e. The summed E-state index contributed by atoms with van der Waals surface area (Å²) in [7, 11) is -2.09. The quantitative estimate of drug-likeness (QED) is 0.686. The molecular weight excluding hydrogens is 388 g/mol. The van der Waals surface area contributed by atoms with Gasteiger partial charge in [0.15, 0.2) is 5.13 Å². The largest absolute Gasteiger partial charge is 0.383 e. The van der Waals surface area contributed by atoms with Crippen LogP contribution in [0.25, 0.3) is 0 Å². The topological polar surface area (TPSA) is 91.8 Å². The van der Waals surface area contributed by atoms with Crippen molar-refractivity contribution in [1.82, 2.24) is 14.6 Å². The Hall–Kier alpha value is -2.01. The molecule has 2 heterocycles. The lowest BCUT2D eigenvalue weighted by atomic mass is 10.2. The molecular formula is C17H22N4O4S2. The minimum absolute atomic E-state index is 0.0925. The number of anilines is 1. The molecule has 0 atom stereocenters. The molecule has 0 unspecified atom stereocenters. The number of aromatic nitrogens is 1. The van der Waals surface area contributed by atoms with Gasteiger partial charge < -0.3 is 14.5 Å². The predicted octanol–water partition coefficient (Wildman–Crippen LogP) is 1.03. The van der Waals surface area contributed by atoms with Gasteiger partial charge in [-0.05, 0) is 24.3 Å². The first kappa shape index (κ1) is 19.7. The number of methoxy groups -OCH3 is 1. The molecule has 10 heteroatoms. The van der Waals surface area contributed by atoms with Gasteiger partial charge in [0.2, 0.25) is 10.0 Å². The average molecular weight is 411 g/mol. The van der Waals surface area contributed by atoms with Crippen LogP contribution in [0.3, 0.4) is 0 Å². The van der Waals surface area contributed by atoms with E-state index in [0.29, 0.717) is 25.3 Å². The zero-order valence-corrected chi connectivity index (χ0v) is 16.6. The first-order valence-electron chi connectivity index (χ1n) is 8.53. The number of carbonyl (C=O) groups is 1. The molecule has 1 aromatic heterocycles. The molecule has 2 aromatic rings. The summed E-state index contributed by atoms with van der Waals surface area (Å²) in [6, 6.07) is 6.02. The Labute approximate surface area is 162 Å². The van der Waals surface area contributed by atoms with Crippen molar-refractivity contribution in [2.45, 2.75) is 4.90 Å². The third kappa shape index (κ3) is 4.83. The van der Waals surface area contributed by atoms with Gasteiger partial charge in [0.25, 0.3) is 5.91 Å². The molecule has 0 spiro atoms.